The van der Waals surface area contributed by atoms with Crippen LogP contribution in [0.5, 0.6) is 5.88 Å². The lowest BCUT2D eigenvalue weighted by atomic mass is 10.1. The number of aromatic nitrogens is 3. The normalized spacial score (nSPS) is 20.1. The van der Waals surface area contributed by atoms with E-state index in [9.17, 15) is 4.79 Å². The van der Waals surface area contributed by atoms with Crippen LogP contribution in [0.2, 0.25) is 5.02 Å². The predicted molar refractivity (Wildman–Crippen MR) is 103 cm³/mol. The minimum Gasteiger partial charge on any atom is -0.472 e. The highest BCUT2D eigenvalue weighted by Gasteiger charge is 2.35. The number of rotatable bonds is 5. The quantitative estimate of drug-likeness (QED) is 0.774. The van der Waals surface area contributed by atoms with Crippen LogP contribution in [0.15, 0.2) is 24.5 Å². The number of carbonyl (C=O) groups is 1. The number of pyridine rings is 1. The summed E-state index contributed by atoms with van der Waals surface area (Å²) >= 11 is 5.88. The number of hydrogen-bond acceptors (Lipinski definition) is 4. The third-order valence-corrected chi connectivity index (χ3v) is 5.39. The SMILES string of the molecule is CC(C)n1ncc(C(=O)N2CCC[C@@H](Oc3ccc(Cl)cn3)C2)c1C1CC1. The second-order valence-electron chi connectivity index (χ2n) is 7.70. The lowest BCUT2D eigenvalue weighted by molar-refractivity contribution is 0.0526. The van der Waals surface area contributed by atoms with Crippen molar-refractivity contribution in [3.05, 3.63) is 40.8 Å². The largest absolute Gasteiger partial charge is 0.472 e. The Morgan fingerprint density at radius 1 is 1.26 bits per heavy atom. The minimum atomic E-state index is -0.0547. The summed E-state index contributed by atoms with van der Waals surface area (Å²) in [5.41, 5.74) is 1.87. The van der Waals surface area contributed by atoms with Crippen molar-refractivity contribution in [1.29, 1.82) is 0 Å². The molecule has 1 saturated heterocycles. The lowest BCUT2D eigenvalue weighted by Gasteiger charge is -2.32. The Morgan fingerprint density at radius 3 is 2.74 bits per heavy atom. The molecule has 6 nitrogen and oxygen atoms in total. The predicted octanol–water partition coefficient (Wildman–Crippen LogP) is 4.07. The summed E-state index contributed by atoms with van der Waals surface area (Å²) < 4.78 is 7.99. The van der Waals surface area contributed by atoms with Gasteiger partial charge >= 0.3 is 0 Å². The van der Waals surface area contributed by atoms with E-state index in [2.05, 4.69) is 23.9 Å². The fraction of sp³-hybridized carbons (Fsp3) is 0.550. The lowest BCUT2D eigenvalue weighted by Crippen LogP contribution is -2.44. The highest BCUT2D eigenvalue weighted by atomic mass is 35.5. The Balaban J connectivity index is 1.48. The first-order chi connectivity index (χ1) is 13.0. The van der Waals surface area contributed by atoms with Crippen LogP contribution in [0.3, 0.4) is 0 Å². The van der Waals surface area contributed by atoms with Gasteiger partial charge in [0.05, 0.1) is 29.0 Å². The Labute approximate surface area is 164 Å². The molecule has 2 aromatic heterocycles. The third-order valence-electron chi connectivity index (χ3n) is 5.17. The molecule has 0 N–H and O–H groups in total. The van der Waals surface area contributed by atoms with Gasteiger partial charge in [0, 0.05) is 30.8 Å². The highest BCUT2D eigenvalue weighted by Crippen LogP contribution is 2.42. The van der Waals surface area contributed by atoms with E-state index in [0.717, 1.165) is 43.5 Å². The Kier molecular flexibility index (Phi) is 5.08. The molecule has 2 aliphatic rings. The molecule has 1 aliphatic heterocycles. The van der Waals surface area contributed by atoms with E-state index < -0.39 is 0 Å². The summed E-state index contributed by atoms with van der Waals surface area (Å²) in [5, 5.41) is 5.08. The summed E-state index contributed by atoms with van der Waals surface area (Å²) in [4.78, 5) is 19.3. The standard InChI is InChI=1S/C20H25ClN4O2/c1-13(2)25-19(14-5-6-14)17(11-23-25)20(26)24-9-3-4-16(12-24)27-18-8-7-15(21)10-22-18/h7-8,10-11,13-14,16H,3-6,9,12H2,1-2H3/t16-/m1/s1. The van der Waals surface area contributed by atoms with Crippen molar-refractivity contribution in [1.82, 2.24) is 19.7 Å². The number of amides is 1. The van der Waals surface area contributed by atoms with Crippen LogP contribution in [0.4, 0.5) is 0 Å². The van der Waals surface area contributed by atoms with Crippen LogP contribution < -0.4 is 4.74 Å². The monoisotopic (exact) mass is 388 g/mol. The van der Waals surface area contributed by atoms with E-state index in [1.54, 1.807) is 24.5 Å². The average Bonchev–Trinajstić information content (AvgIpc) is 3.41. The van der Waals surface area contributed by atoms with Gasteiger partial charge in [-0.25, -0.2) is 4.98 Å². The van der Waals surface area contributed by atoms with Crippen LogP contribution in [0.25, 0.3) is 0 Å². The average molecular weight is 389 g/mol. The molecule has 2 aromatic rings. The van der Waals surface area contributed by atoms with Crippen molar-refractivity contribution in [2.75, 3.05) is 13.1 Å². The van der Waals surface area contributed by atoms with Crippen LogP contribution in [-0.4, -0.2) is 44.8 Å². The van der Waals surface area contributed by atoms with Crippen molar-refractivity contribution in [3.8, 4) is 5.88 Å². The van der Waals surface area contributed by atoms with E-state index in [-0.39, 0.29) is 18.1 Å². The van der Waals surface area contributed by atoms with E-state index in [4.69, 9.17) is 16.3 Å². The topological polar surface area (TPSA) is 60.2 Å². The van der Waals surface area contributed by atoms with Gasteiger partial charge in [-0.15, -0.1) is 0 Å². The van der Waals surface area contributed by atoms with Crippen molar-refractivity contribution < 1.29 is 9.53 Å². The fourth-order valence-electron chi connectivity index (χ4n) is 3.70. The van der Waals surface area contributed by atoms with Crippen LogP contribution in [0, 0.1) is 0 Å². The minimum absolute atomic E-state index is 0.0547. The van der Waals surface area contributed by atoms with Crippen molar-refractivity contribution >= 4 is 17.5 Å². The van der Waals surface area contributed by atoms with Crippen LogP contribution in [0.1, 0.15) is 67.5 Å². The van der Waals surface area contributed by atoms with Crippen molar-refractivity contribution in [3.63, 3.8) is 0 Å². The van der Waals surface area contributed by atoms with Gasteiger partial charge in [0.2, 0.25) is 5.88 Å². The zero-order valence-corrected chi connectivity index (χ0v) is 16.5. The van der Waals surface area contributed by atoms with Crippen molar-refractivity contribution in [2.45, 2.75) is 57.6 Å². The second-order valence-corrected chi connectivity index (χ2v) is 8.14. The molecule has 144 valence electrons. The van der Waals surface area contributed by atoms with Gasteiger partial charge < -0.3 is 9.64 Å². The van der Waals surface area contributed by atoms with Crippen LogP contribution in [-0.2, 0) is 0 Å². The fourth-order valence-corrected chi connectivity index (χ4v) is 3.82. The molecule has 0 aromatic carbocycles. The first kappa shape index (κ1) is 18.3. The number of nitrogens with zero attached hydrogens (tertiary/aromatic N) is 4. The number of hydrogen-bond donors (Lipinski definition) is 0. The number of likely N-dealkylation sites (tertiary alicyclic amines) is 1. The molecule has 1 atom stereocenters. The first-order valence-corrected chi connectivity index (χ1v) is 10.1. The van der Waals surface area contributed by atoms with Crippen LogP contribution >= 0.6 is 11.6 Å². The second kappa shape index (κ2) is 7.50. The zero-order chi connectivity index (χ0) is 19.0. The molecule has 2 fully saturated rings. The van der Waals surface area contributed by atoms with Gasteiger partial charge in [-0.2, -0.15) is 5.10 Å². The summed E-state index contributed by atoms with van der Waals surface area (Å²) in [6.07, 6.45) is 7.39. The van der Waals surface area contributed by atoms with Gasteiger partial charge in [-0.1, -0.05) is 11.6 Å². The van der Waals surface area contributed by atoms with Gasteiger partial charge in [-0.05, 0) is 45.6 Å². The molecule has 4 rings (SSSR count). The molecule has 0 unspecified atom stereocenters. The smallest absolute Gasteiger partial charge is 0.257 e. The molecule has 1 amide bonds. The molecule has 3 heterocycles. The summed E-state index contributed by atoms with van der Waals surface area (Å²) in [6, 6.07) is 3.79. The van der Waals surface area contributed by atoms with Gasteiger partial charge in [0.25, 0.3) is 5.91 Å². The van der Waals surface area contributed by atoms with E-state index in [0.29, 0.717) is 23.4 Å². The summed E-state index contributed by atoms with van der Waals surface area (Å²) in [7, 11) is 0. The van der Waals surface area contributed by atoms with E-state index in [1.165, 1.54) is 0 Å². The molecular formula is C20H25ClN4O2. The zero-order valence-electron chi connectivity index (χ0n) is 15.8. The molecule has 0 radical (unpaired) electrons. The number of piperidine rings is 1. The van der Waals surface area contributed by atoms with Gasteiger partial charge in [0.15, 0.2) is 0 Å². The number of ether oxygens (including phenoxy) is 1. The molecule has 27 heavy (non-hydrogen) atoms. The summed E-state index contributed by atoms with van der Waals surface area (Å²) in [5.74, 6) is 1.09. The third kappa shape index (κ3) is 3.95. The maximum absolute atomic E-state index is 13.2. The summed E-state index contributed by atoms with van der Waals surface area (Å²) in [6.45, 7) is 5.54. The Morgan fingerprint density at radius 2 is 2.07 bits per heavy atom. The van der Waals surface area contributed by atoms with Gasteiger partial charge in [0.1, 0.15) is 6.10 Å². The maximum Gasteiger partial charge on any atom is 0.257 e. The molecule has 0 spiro atoms. The molecular weight excluding hydrogens is 364 g/mol. The maximum atomic E-state index is 13.2. The molecule has 1 aliphatic carbocycles. The van der Waals surface area contributed by atoms with Crippen molar-refractivity contribution in [2.24, 2.45) is 0 Å². The first-order valence-electron chi connectivity index (χ1n) is 9.68. The highest BCUT2D eigenvalue weighted by molar-refractivity contribution is 6.30. The molecule has 7 heteroatoms. The molecule has 1 saturated carbocycles. The van der Waals surface area contributed by atoms with E-state index in [1.807, 2.05) is 9.58 Å². The molecule has 0 bridgehead atoms. The van der Waals surface area contributed by atoms with E-state index >= 15 is 0 Å². The number of halogens is 1. The Hall–Kier alpha value is -2.08. The Bertz CT molecular complexity index is 814. The van der Waals surface area contributed by atoms with Gasteiger partial charge in [-0.3, -0.25) is 9.48 Å². The number of carbonyl (C=O) groups excluding carboxylic acids is 1.